The van der Waals surface area contributed by atoms with Crippen molar-refractivity contribution in [2.75, 3.05) is 26.3 Å². The summed E-state index contributed by atoms with van der Waals surface area (Å²) in [6, 6.07) is -0.694. The van der Waals surface area contributed by atoms with Crippen molar-refractivity contribution in [2.24, 2.45) is 5.73 Å². The molecule has 0 aromatic rings. The number of ether oxygens (including phenoxy) is 1. The fourth-order valence-corrected chi connectivity index (χ4v) is 1.71. The molecule has 3 N–H and O–H groups in total. The van der Waals surface area contributed by atoms with Crippen LogP contribution in [0, 0.1) is 0 Å². The first-order valence-corrected chi connectivity index (χ1v) is 5.92. The first-order chi connectivity index (χ1) is 8.00. The van der Waals surface area contributed by atoms with Crippen LogP contribution in [0.4, 0.5) is 0 Å². The van der Waals surface area contributed by atoms with Gasteiger partial charge in [0.25, 0.3) is 0 Å². The third-order valence-electron chi connectivity index (χ3n) is 2.58. The highest BCUT2D eigenvalue weighted by Crippen LogP contribution is 2.01. The molecule has 2 amide bonds. The maximum absolute atomic E-state index is 11.9. The lowest BCUT2D eigenvalue weighted by Crippen LogP contribution is -2.50. The second kappa shape index (κ2) is 6.56. The van der Waals surface area contributed by atoms with Gasteiger partial charge >= 0.3 is 0 Å². The van der Waals surface area contributed by atoms with Gasteiger partial charge in [-0.25, -0.2) is 0 Å². The minimum absolute atomic E-state index is 0.0636. The second-order valence-electron chi connectivity index (χ2n) is 4.41. The zero-order valence-electron chi connectivity index (χ0n) is 10.4. The van der Waals surface area contributed by atoms with Crippen molar-refractivity contribution in [1.29, 1.82) is 0 Å². The Balaban J connectivity index is 2.37. The summed E-state index contributed by atoms with van der Waals surface area (Å²) in [5.41, 5.74) is 5.52. The van der Waals surface area contributed by atoms with Crippen LogP contribution in [0.5, 0.6) is 0 Å². The summed E-state index contributed by atoms with van der Waals surface area (Å²) in [5, 5.41) is 2.66. The first-order valence-electron chi connectivity index (χ1n) is 5.92. The molecule has 1 heterocycles. The van der Waals surface area contributed by atoms with Crippen molar-refractivity contribution in [3.05, 3.63) is 0 Å². The number of carbonyl (C=O) groups excluding carboxylic acids is 2. The number of hydrogen-bond acceptors (Lipinski definition) is 4. The van der Waals surface area contributed by atoms with Gasteiger partial charge in [0.2, 0.25) is 11.8 Å². The van der Waals surface area contributed by atoms with Crippen LogP contribution in [0.1, 0.15) is 20.3 Å². The topological polar surface area (TPSA) is 84.7 Å². The zero-order valence-corrected chi connectivity index (χ0v) is 10.4. The molecule has 0 aliphatic carbocycles. The van der Waals surface area contributed by atoms with Gasteiger partial charge in [-0.15, -0.1) is 0 Å². The average Bonchev–Trinajstić information content (AvgIpc) is 2.28. The zero-order chi connectivity index (χ0) is 12.8. The Bertz CT molecular complexity index is 275. The number of nitrogens with zero attached hydrogens (tertiary/aromatic N) is 1. The average molecular weight is 243 g/mol. The van der Waals surface area contributed by atoms with Gasteiger partial charge < -0.3 is 20.7 Å². The highest BCUT2D eigenvalue weighted by Gasteiger charge is 2.23. The van der Waals surface area contributed by atoms with Crippen LogP contribution in [0.15, 0.2) is 0 Å². The molecule has 0 spiro atoms. The van der Waals surface area contributed by atoms with Crippen LogP contribution >= 0.6 is 0 Å². The van der Waals surface area contributed by atoms with Crippen LogP contribution in [-0.4, -0.2) is 55.1 Å². The van der Waals surface area contributed by atoms with Crippen LogP contribution < -0.4 is 11.1 Å². The molecule has 0 aromatic heterocycles. The predicted octanol–water partition coefficient (Wildman–Crippen LogP) is -0.913. The highest BCUT2D eigenvalue weighted by molar-refractivity contribution is 5.87. The smallest absolute Gasteiger partial charge is 0.245 e. The van der Waals surface area contributed by atoms with Gasteiger partial charge in [0.05, 0.1) is 13.2 Å². The third-order valence-corrected chi connectivity index (χ3v) is 2.58. The van der Waals surface area contributed by atoms with Gasteiger partial charge in [0.15, 0.2) is 0 Å². The van der Waals surface area contributed by atoms with E-state index in [2.05, 4.69) is 5.32 Å². The lowest BCUT2D eigenvalue weighted by Gasteiger charge is -2.29. The Labute approximate surface area is 101 Å². The molecular weight excluding hydrogens is 222 g/mol. The summed E-state index contributed by atoms with van der Waals surface area (Å²) in [4.78, 5) is 25.1. The molecule has 98 valence electrons. The minimum atomic E-state index is -0.501. The monoisotopic (exact) mass is 243 g/mol. The maximum atomic E-state index is 11.9. The number of carbonyl (C=O) groups is 2. The molecule has 0 radical (unpaired) electrons. The minimum Gasteiger partial charge on any atom is -0.378 e. The van der Waals surface area contributed by atoms with E-state index in [1.807, 2.05) is 0 Å². The molecule has 0 bridgehead atoms. The molecule has 6 heteroatoms. The standard InChI is InChI=1S/C11H21N3O3/c1-8(12)7-10(15)13-9(2)11(16)14-3-5-17-6-4-14/h8-9H,3-7,12H2,1-2H3,(H,13,15). The van der Waals surface area contributed by atoms with Crippen molar-refractivity contribution in [3.8, 4) is 0 Å². The molecule has 6 nitrogen and oxygen atoms in total. The van der Waals surface area contributed by atoms with E-state index >= 15 is 0 Å². The quantitative estimate of drug-likeness (QED) is 0.669. The van der Waals surface area contributed by atoms with Crippen LogP contribution in [0.2, 0.25) is 0 Å². The van der Waals surface area contributed by atoms with E-state index in [-0.39, 0.29) is 24.3 Å². The molecule has 1 rings (SSSR count). The summed E-state index contributed by atoms with van der Waals surface area (Å²) in [6.45, 7) is 5.75. The van der Waals surface area contributed by atoms with Gasteiger partial charge in [-0.3, -0.25) is 9.59 Å². The lowest BCUT2D eigenvalue weighted by molar-refractivity contribution is -0.139. The van der Waals surface area contributed by atoms with E-state index in [4.69, 9.17) is 10.5 Å². The maximum Gasteiger partial charge on any atom is 0.245 e. The summed E-state index contributed by atoms with van der Waals surface area (Å²) in [5.74, 6) is -0.250. The lowest BCUT2D eigenvalue weighted by atomic mass is 10.2. The van der Waals surface area contributed by atoms with Gasteiger partial charge in [0.1, 0.15) is 6.04 Å². The normalized spacial score (nSPS) is 19.6. The Morgan fingerprint density at radius 2 is 1.94 bits per heavy atom. The third kappa shape index (κ3) is 4.70. The number of morpholine rings is 1. The molecule has 2 unspecified atom stereocenters. The summed E-state index contributed by atoms with van der Waals surface area (Å²) >= 11 is 0. The summed E-state index contributed by atoms with van der Waals surface area (Å²) in [6.07, 6.45) is 0.237. The molecule has 0 aromatic carbocycles. The van der Waals surface area contributed by atoms with Crippen molar-refractivity contribution in [1.82, 2.24) is 10.2 Å². The van der Waals surface area contributed by atoms with Gasteiger partial charge in [-0.2, -0.15) is 0 Å². The Kier molecular flexibility index (Phi) is 5.37. The molecular formula is C11H21N3O3. The SMILES string of the molecule is CC(N)CC(=O)NC(C)C(=O)N1CCOCC1. The summed E-state index contributed by atoms with van der Waals surface area (Å²) < 4.78 is 5.17. The number of hydrogen-bond donors (Lipinski definition) is 2. The van der Waals surface area contributed by atoms with E-state index in [9.17, 15) is 9.59 Å². The molecule has 2 atom stereocenters. The predicted molar refractivity (Wildman–Crippen MR) is 63.3 cm³/mol. The fourth-order valence-electron chi connectivity index (χ4n) is 1.71. The molecule has 17 heavy (non-hydrogen) atoms. The number of nitrogens with one attached hydrogen (secondary N) is 1. The van der Waals surface area contributed by atoms with Crippen molar-refractivity contribution in [3.63, 3.8) is 0 Å². The van der Waals surface area contributed by atoms with E-state index in [0.717, 1.165) is 0 Å². The molecule has 0 saturated carbocycles. The van der Waals surface area contributed by atoms with Crippen molar-refractivity contribution in [2.45, 2.75) is 32.4 Å². The van der Waals surface area contributed by atoms with Crippen molar-refractivity contribution < 1.29 is 14.3 Å². The van der Waals surface area contributed by atoms with Crippen molar-refractivity contribution >= 4 is 11.8 Å². The van der Waals surface area contributed by atoms with Gasteiger partial charge in [-0.1, -0.05) is 0 Å². The van der Waals surface area contributed by atoms with E-state index in [1.54, 1.807) is 18.7 Å². The van der Waals surface area contributed by atoms with E-state index < -0.39 is 6.04 Å². The number of amides is 2. The van der Waals surface area contributed by atoms with Gasteiger partial charge in [-0.05, 0) is 13.8 Å². The molecule has 1 aliphatic rings. The number of rotatable bonds is 4. The van der Waals surface area contributed by atoms with E-state index in [1.165, 1.54) is 0 Å². The van der Waals surface area contributed by atoms with E-state index in [0.29, 0.717) is 26.3 Å². The Morgan fingerprint density at radius 3 is 2.47 bits per heavy atom. The van der Waals surface area contributed by atoms with Crippen LogP contribution in [0.25, 0.3) is 0 Å². The molecule has 1 fully saturated rings. The Morgan fingerprint density at radius 1 is 1.35 bits per heavy atom. The molecule has 1 aliphatic heterocycles. The first kappa shape index (κ1) is 13.9. The summed E-state index contributed by atoms with van der Waals surface area (Å²) in [7, 11) is 0. The van der Waals surface area contributed by atoms with Crippen LogP contribution in [-0.2, 0) is 14.3 Å². The highest BCUT2D eigenvalue weighted by atomic mass is 16.5. The Hall–Kier alpha value is -1.14. The van der Waals surface area contributed by atoms with Crippen LogP contribution in [0.3, 0.4) is 0 Å². The second-order valence-corrected chi connectivity index (χ2v) is 4.41. The number of nitrogens with two attached hydrogens (primary N) is 1. The molecule has 1 saturated heterocycles. The largest absolute Gasteiger partial charge is 0.378 e. The van der Waals surface area contributed by atoms with Gasteiger partial charge in [0, 0.05) is 25.6 Å². The fraction of sp³-hybridized carbons (Fsp3) is 0.818.